The van der Waals surface area contributed by atoms with E-state index in [1.54, 1.807) is 31.5 Å². The van der Waals surface area contributed by atoms with Gasteiger partial charge in [-0.2, -0.15) is 0 Å². The lowest BCUT2D eigenvalue weighted by atomic mass is 10.0. The average Bonchev–Trinajstić information content (AvgIpc) is 3.28. The number of fused-ring (bicyclic) bond motifs is 1. The van der Waals surface area contributed by atoms with Crippen LogP contribution in [0.1, 0.15) is 29.0 Å². The van der Waals surface area contributed by atoms with Crippen LogP contribution in [0.15, 0.2) is 45.8 Å². The lowest BCUT2D eigenvalue weighted by Crippen LogP contribution is -2.46. The van der Waals surface area contributed by atoms with Gasteiger partial charge in [0.25, 0.3) is 5.91 Å². The van der Waals surface area contributed by atoms with E-state index in [0.717, 1.165) is 42.7 Å². The standard InChI is InChI=1S/C20H24N4O3/c1-22-9-7-15(8-10-22)24(13-16-4-3-11-27-16)19(25)14-5-6-17-18(12-14)23(2)20(26)21-17/h3-6,11-12,15H,7-10,13H2,1-2H3,(H,21,26). The van der Waals surface area contributed by atoms with Gasteiger partial charge in [0, 0.05) is 18.7 Å². The van der Waals surface area contributed by atoms with Crippen LogP contribution in [0.4, 0.5) is 0 Å². The Hall–Kier alpha value is -2.80. The van der Waals surface area contributed by atoms with Gasteiger partial charge in [-0.05, 0) is 63.3 Å². The quantitative estimate of drug-likeness (QED) is 0.766. The highest BCUT2D eigenvalue weighted by atomic mass is 16.3. The van der Waals surface area contributed by atoms with E-state index in [1.165, 1.54) is 4.57 Å². The Kier molecular flexibility index (Phi) is 4.61. The second kappa shape index (κ2) is 7.08. The minimum atomic E-state index is -0.183. The Bertz CT molecular complexity index is 994. The van der Waals surface area contributed by atoms with E-state index < -0.39 is 0 Å². The summed E-state index contributed by atoms with van der Waals surface area (Å²) in [6, 6.07) is 9.28. The van der Waals surface area contributed by atoms with Crippen molar-refractivity contribution >= 4 is 16.9 Å². The van der Waals surface area contributed by atoms with Gasteiger partial charge in [0.05, 0.1) is 23.8 Å². The first-order valence-corrected chi connectivity index (χ1v) is 9.23. The van der Waals surface area contributed by atoms with Crippen molar-refractivity contribution < 1.29 is 9.21 Å². The number of benzene rings is 1. The minimum absolute atomic E-state index is 0.0310. The number of hydrogen-bond acceptors (Lipinski definition) is 4. The predicted molar refractivity (Wildman–Crippen MR) is 103 cm³/mol. The molecule has 1 saturated heterocycles. The van der Waals surface area contributed by atoms with Crippen LogP contribution < -0.4 is 5.69 Å². The lowest BCUT2D eigenvalue weighted by Gasteiger charge is -2.37. The molecule has 1 aromatic carbocycles. The summed E-state index contributed by atoms with van der Waals surface area (Å²) >= 11 is 0. The molecule has 1 aliphatic rings. The highest BCUT2D eigenvalue weighted by Gasteiger charge is 2.28. The number of carbonyl (C=O) groups excluding carboxylic acids is 1. The van der Waals surface area contributed by atoms with E-state index in [2.05, 4.69) is 16.9 Å². The van der Waals surface area contributed by atoms with Crippen LogP contribution in [-0.4, -0.2) is 51.4 Å². The summed E-state index contributed by atoms with van der Waals surface area (Å²) in [7, 11) is 3.81. The number of hydrogen-bond donors (Lipinski definition) is 1. The number of aromatic nitrogens is 2. The summed E-state index contributed by atoms with van der Waals surface area (Å²) in [5.41, 5.74) is 1.86. The van der Waals surface area contributed by atoms with E-state index in [0.29, 0.717) is 12.1 Å². The summed E-state index contributed by atoms with van der Waals surface area (Å²) in [6.07, 6.45) is 3.51. The molecule has 2 aromatic heterocycles. The number of likely N-dealkylation sites (tertiary alicyclic amines) is 1. The highest BCUT2D eigenvalue weighted by molar-refractivity contribution is 5.97. The van der Waals surface area contributed by atoms with Crippen LogP contribution in [0.3, 0.4) is 0 Å². The topological polar surface area (TPSA) is 74.5 Å². The monoisotopic (exact) mass is 368 g/mol. The number of imidazole rings is 1. The molecule has 7 heteroatoms. The number of nitrogens with one attached hydrogen (secondary N) is 1. The van der Waals surface area contributed by atoms with E-state index >= 15 is 0 Å². The van der Waals surface area contributed by atoms with Crippen LogP contribution in [0.5, 0.6) is 0 Å². The molecular formula is C20H24N4O3. The first kappa shape index (κ1) is 17.6. The van der Waals surface area contributed by atoms with E-state index in [9.17, 15) is 9.59 Å². The first-order chi connectivity index (χ1) is 13.0. The number of rotatable bonds is 4. The Labute approximate surface area is 157 Å². The number of H-pyrrole nitrogens is 1. The third-order valence-electron chi connectivity index (χ3n) is 5.45. The molecule has 4 rings (SSSR count). The summed E-state index contributed by atoms with van der Waals surface area (Å²) in [6.45, 7) is 2.39. The molecule has 0 unspecified atom stereocenters. The van der Waals surface area contributed by atoms with Gasteiger partial charge in [-0.25, -0.2) is 4.79 Å². The number of carbonyl (C=O) groups is 1. The Morgan fingerprint density at radius 1 is 1.26 bits per heavy atom. The van der Waals surface area contributed by atoms with E-state index in [1.807, 2.05) is 17.0 Å². The first-order valence-electron chi connectivity index (χ1n) is 9.23. The molecule has 0 spiro atoms. The van der Waals surface area contributed by atoms with Crippen molar-refractivity contribution in [2.24, 2.45) is 7.05 Å². The van der Waals surface area contributed by atoms with Gasteiger partial charge in [-0.3, -0.25) is 9.36 Å². The highest BCUT2D eigenvalue weighted by Crippen LogP contribution is 2.22. The zero-order valence-electron chi connectivity index (χ0n) is 15.6. The third-order valence-corrected chi connectivity index (χ3v) is 5.45. The Balaban J connectivity index is 1.67. The van der Waals surface area contributed by atoms with Crippen molar-refractivity contribution in [1.82, 2.24) is 19.4 Å². The molecule has 0 radical (unpaired) electrons. The van der Waals surface area contributed by atoms with E-state index in [-0.39, 0.29) is 17.6 Å². The van der Waals surface area contributed by atoms with Crippen LogP contribution in [0.25, 0.3) is 11.0 Å². The predicted octanol–water partition coefficient (Wildman–Crippen LogP) is 2.20. The van der Waals surface area contributed by atoms with E-state index in [4.69, 9.17) is 4.42 Å². The molecule has 0 bridgehead atoms. The summed E-state index contributed by atoms with van der Waals surface area (Å²) in [5, 5.41) is 0. The summed E-state index contributed by atoms with van der Waals surface area (Å²) < 4.78 is 7.03. The molecule has 3 heterocycles. The van der Waals surface area contributed by atoms with Crippen LogP contribution in [-0.2, 0) is 13.6 Å². The normalized spacial score (nSPS) is 16.1. The van der Waals surface area contributed by atoms with Crippen LogP contribution in [0, 0.1) is 0 Å². The zero-order valence-corrected chi connectivity index (χ0v) is 15.6. The maximum absolute atomic E-state index is 13.4. The molecule has 0 saturated carbocycles. The van der Waals surface area contributed by atoms with Crippen LogP contribution in [0.2, 0.25) is 0 Å². The molecule has 1 amide bonds. The van der Waals surface area contributed by atoms with Gasteiger partial charge < -0.3 is 19.2 Å². The molecule has 3 aromatic rings. The molecule has 1 aliphatic heterocycles. The molecule has 27 heavy (non-hydrogen) atoms. The SMILES string of the molecule is CN1CCC(N(Cc2ccco2)C(=O)c2ccc3[nH]c(=O)n(C)c3c2)CC1. The smallest absolute Gasteiger partial charge is 0.326 e. The number of piperidine rings is 1. The second-order valence-corrected chi connectivity index (χ2v) is 7.27. The lowest BCUT2D eigenvalue weighted by molar-refractivity contribution is 0.0551. The van der Waals surface area contributed by atoms with Gasteiger partial charge >= 0.3 is 5.69 Å². The van der Waals surface area contributed by atoms with Gasteiger partial charge in [-0.1, -0.05) is 0 Å². The fourth-order valence-electron chi connectivity index (χ4n) is 3.77. The van der Waals surface area contributed by atoms with Gasteiger partial charge in [0.2, 0.25) is 0 Å². The number of aryl methyl sites for hydroxylation is 1. The molecule has 0 aliphatic carbocycles. The van der Waals surface area contributed by atoms with Crippen molar-refractivity contribution in [3.05, 3.63) is 58.4 Å². The number of nitrogens with zero attached hydrogens (tertiary/aromatic N) is 3. The van der Waals surface area contributed by atoms with Crippen molar-refractivity contribution in [1.29, 1.82) is 0 Å². The maximum Gasteiger partial charge on any atom is 0.326 e. The Morgan fingerprint density at radius 3 is 2.74 bits per heavy atom. The molecule has 7 nitrogen and oxygen atoms in total. The van der Waals surface area contributed by atoms with Gasteiger partial charge in [0.1, 0.15) is 5.76 Å². The summed E-state index contributed by atoms with van der Waals surface area (Å²) in [5.74, 6) is 0.744. The zero-order chi connectivity index (χ0) is 19.0. The minimum Gasteiger partial charge on any atom is -0.467 e. The van der Waals surface area contributed by atoms with Crippen molar-refractivity contribution in [2.75, 3.05) is 20.1 Å². The molecule has 1 fully saturated rings. The summed E-state index contributed by atoms with van der Waals surface area (Å²) in [4.78, 5) is 32.2. The molecule has 0 atom stereocenters. The van der Waals surface area contributed by atoms with Crippen molar-refractivity contribution in [2.45, 2.75) is 25.4 Å². The van der Waals surface area contributed by atoms with Gasteiger partial charge in [0.15, 0.2) is 0 Å². The third kappa shape index (κ3) is 3.42. The molecule has 142 valence electrons. The fourth-order valence-corrected chi connectivity index (χ4v) is 3.77. The van der Waals surface area contributed by atoms with Crippen molar-refractivity contribution in [3.63, 3.8) is 0 Å². The fraction of sp³-hybridized carbons (Fsp3) is 0.400. The molecule has 1 N–H and O–H groups in total. The van der Waals surface area contributed by atoms with Crippen molar-refractivity contribution in [3.8, 4) is 0 Å². The van der Waals surface area contributed by atoms with Crippen LogP contribution >= 0.6 is 0 Å². The Morgan fingerprint density at radius 2 is 2.04 bits per heavy atom. The molecular weight excluding hydrogens is 344 g/mol. The number of furan rings is 1. The second-order valence-electron chi connectivity index (χ2n) is 7.27. The van der Waals surface area contributed by atoms with Gasteiger partial charge in [-0.15, -0.1) is 0 Å². The maximum atomic E-state index is 13.4. The average molecular weight is 368 g/mol. The number of aromatic amines is 1. The largest absolute Gasteiger partial charge is 0.467 e. The number of amides is 1.